The molecule has 1 aromatic rings. The monoisotopic (exact) mass is 164 g/mol. The molecule has 0 bridgehead atoms. The van der Waals surface area contributed by atoms with Gasteiger partial charge in [0.2, 0.25) is 5.91 Å². The van der Waals surface area contributed by atoms with E-state index in [0.29, 0.717) is 6.54 Å². The third-order valence-electron chi connectivity index (χ3n) is 0.943. The third kappa shape index (κ3) is 2.19. The van der Waals surface area contributed by atoms with Crippen molar-refractivity contribution in [1.29, 1.82) is 0 Å². The minimum absolute atomic E-state index is 0.160. The molecule has 0 saturated heterocycles. The summed E-state index contributed by atoms with van der Waals surface area (Å²) in [7, 11) is 6.76. The van der Waals surface area contributed by atoms with Crippen LogP contribution < -0.4 is 0 Å². The summed E-state index contributed by atoms with van der Waals surface area (Å²) in [6.07, 6.45) is 0. The number of aromatic nitrogens is 1. The molecular formula is C4H8N2OS2. The molecule has 1 rings (SSSR count). The Morgan fingerprint density at radius 3 is 2.44 bits per heavy atom. The van der Waals surface area contributed by atoms with E-state index in [-0.39, 0.29) is 5.91 Å². The Bertz CT molecular complexity index is 177. The second-order valence-corrected chi connectivity index (χ2v) is 4.23. The van der Waals surface area contributed by atoms with Crippen LogP contribution in [0.5, 0.6) is 0 Å². The highest BCUT2D eigenvalue weighted by Crippen LogP contribution is 2.16. The van der Waals surface area contributed by atoms with Gasteiger partial charge in [-0.1, -0.05) is 0 Å². The number of nitrogens with zero attached hydrogens (tertiary/aromatic N) is 2. The summed E-state index contributed by atoms with van der Waals surface area (Å²) in [6, 6.07) is 0. The van der Waals surface area contributed by atoms with E-state index in [1.54, 1.807) is 40.1 Å². The highest BCUT2D eigenvalue weighted by Gasteiger charge is 2.07. The first-order chi connectivity index (χ1) is 4.20. The van der Waals surface area contributed by atoms with Gasteiger partial charge in [0.15, 0.2) is 0 Å². The number of hydrogen-bond acceptors (Lipinski definition) is 3. The molecule has 0 fully saturated rings. The third-order valence-corrected chi connectivity index (χ3v) is 2.64. The minimum atomic E-state index is 0.160. The number of rotatable bonds is 2. The van der Waals surface area contributed by atoms with Crippen molar-refractivity contribution in [3.63, 3.8) is 0 Å². The van der Waals surface area contributed by atoms with Crippen molar-refractivity contribution in [3.05, 3.63) is 0 Å². The van der Waals surface area contributed by atoms with Gasteiger partial charge in [-0.2, -0.15) is 0 Å². The summed E-state index contributed by atoms with van der Waals surface area (Å²) in [5.41, 5.74) is 0. The van der Waals surface area contributed by atoms with Gasteiger partial charge >= 0.3 is 0 Å². The number of hydrogen-bond donors (Lipinski definition) is 0. The zero-order valence-electron chi connectivity index (χ0n) is 5.33. The number of amides is 1. The average molecular weight is 164 g/mol. The Hall–Kier alpha value is -0.290. The molecule has 52 valence electrons. The van der Waals surface area contributed by atoms with Crippen molar-refractivity contribution >= 4 is 27.0 Å². The van der Waals surface area contributed by atoms with Crippen LogP contribution in [0.4, 0.5) is 0 Å². The van der Waals surface area contributed by atoms with Crippen molar-refractivity contribution in [2.24, 2.45) is 0 Å². The van der Waals surface area contributed by atoms with Crippen LogP contribution in [0, 0.1) is 0 Å². The number of carbonyl (C=O) groups excluding carboxylic acids is 1. The van der Waals surface area contributed by atoms with E-state index in [4.69, 9.17) is 0 Å². The molecule has 0 atom stereocenters. The summed E-state index contributed by atoms with van der Waals surface area (Å²) in [4.78, 5) is 12.4. The molecule has 0 aliphatic rings. The van der Waals surface area contributed by atoms with Crippen LogP contribution in [0.1, 0.15) is 0 Å². The molecule has 0 unspecified atom stereocenters. The van der Waals surface area contributed by atoms with Gasteiger partial charge in [-0.15, -0.1) is 0 Å². The fourth-order valence-electron chi connectivity index (χ4n) is 0.328. The minimum Gasteiger partial charge on any atom is -0.347 e. The molecule has 0 aromatic carbocycles. The molecule has 0 spiro atoms. The zero-order valence-corrected chi connectivity index (χ0v) is 6.96. The Kier molecular flexibility index (Phi) is 1.92. The number of carbonyl (C=O) groups is 1. The van der Waals surface area contributed by atoms with E-state index in [0.717, 1.165) is 0 Å². The van der Waals surface area contributed by atoms with Crippen LogP contribution in [0.25, 0.3) is 0 Å². The van der Waals surface area contributed by atoms with Crippen molar-refractivity contribution in [1.82, 2.24) is 8.25 Å². The average Bonchev–Trinajstić information content (AvgIpc) is 2.50. The van der Waals surface area contributed by atoms with Gasteiger partial charge in [0.1, 0.15) is 6.54 Å². The quantitative estimate of drug-likeness (QED) is 0.591. The Morgan fingerprint density at radius 2 is 2.11 bits per heavy atom. The second kappa shape index (κ2) is 2.53. The summed E-state index contributed by atoms with van der Waals surface area (Å²) >= 11 is 0. The van der Waals surface area contributed by atoms with Crippen LogP contribution in [-0.2, 0) is 11.3 Å². The van der Waals surface area contributed by atoms with Crippen molar-refractivity contribution in [3.8, 4) is 0 Å². The van der Waals surface area contributed by atoms with Crippen LogP contribution in [0.2, 0.25) is 0 Å². The van der Waals surface area contributed by atoms with Crippen LogP contribution in [-0.4, -0.2) is 28.2 Å². The van der Waals surface area contributed by atoms with Crippen LogP contribution in [0.3, 0.4) is 0 Å². The molecule has 0 aliphatic carbocycles. The van der Waals surface area contributed by atoms with E-state index in [2.05, 4.69) is 0 Å². The highest BCUT2D eigenvalue weighted by molar-refractivity contribution is 7.76. The van der Waals surface area contributed by atoms with Gasteiger partial charge in [0.25, 0.3) is 0 Å². The summed E-state index contributed by atoms with van der Waals surface area (Å²) in [5.74, 6) is 0.160. The molecule has 1 amide bonds. The summed E-state index contributed by atoms with van der Waals surface area (Å²) in [6.45, 7) is 0.530. The maximum Gasteiger partial charge on any atom is 0.244 e. The smallest absolute Gasteiger partial charge is 0.244 e. The number of likely N-dealkylation sites (N-methyl/N-ethyl adjacent to an activating group) is 1. The van der Waals surface area contributed by atoms with Crippen molar-refractivity contribution in [2.75, 3.05) is 14.1 Å². The summed E-state index contributed by atoms with van der Waals surface area (Å²) < 4.78 is 1.93. The zero-order chi connectivity index (χ0) is 6.85. The first kappa shape index (κ1) is 6.82. The molecule has 9 heavy (non-hydrogen) atoms. The lowest BCUT2D eigenvalue weighted by Gasteiger charge is -2.06. The Labute approximate surface area is 61.2 Å². The molecule has 5 heteroatoms. The second-order valence-electron chi connectivity index (χ2n) is 1.93. The molecule has 0 saturated carbocycles. The van der Waals surface area contributed by atoms with Crippen LogP contribution in [0.15, 0.2) is 0 Å². The van der Waals surface area contributed by atoms with E-state index < -0.39 is 0 Å². The van der Waals surface area contributed by atoms with Gasteiger partial charge in [0.05, 0.1) is 0 Å². The maximum absolute atomic E-state index is 10.9. The Balaban J connectivity index is 2.29. The van der Waals surface area contributed by atoms with E-state index in [1.165, 1.54) is 0 Å². The first-order valence-electron chi connectivity index (χ1n) is 2.52. The van der Waals surface area contributed by atoms with Gasteiger partial charge in [-0.3, -0.25) is 4.79 Å². The molecule has 0 radical (unpaired) electrons. The van der Waals surface area contributed by atoms with Gasteiger partial charge in [0, 0.05) is 35.2 Å². The molecule has 1 heterocycles. The summed E-state index contributed by atoms with van der Waals surface area (Å²) in [5, 5.41) is 0. The topological polar surface area (TPSA) is 25.2 Å². The van der Waals surface area contributed by atoms with Crippen LogP contribution >= 0.6 is 21.1 Å². The lowest BCUT2D eigenvalue weighted by Crippen LogP contribution is -2.24. The predicted octanol–water partition coefficient (Wildman–Crippen LogP) is 0.699. The van der Waals surface area contributed by atoms with Gasteiger partial charge in [-0.25, -0.2) is 3.35 Å². The van der Waals surface area contributed by atoms with Gasteiger partial charge in [-0.05, 0) is 0 Å². The maximum atomic E-state index is 10.9. The fourth-order valence-corrected chi connectivity index (χ4v) is 1.16. The standard InChI is InChI=1S/C4H8N2OS2/c1-5(2)4(7)3-6-8-9-6/h3H2,1-2H3. The first-order valence-corrected chi connectivity index (χ1v) is 4.59. The highest BCUT2D eigenvalue weighted by atomic mass is 33.0. The Morgan fingerprint density at radius 1 is 1.56 bits per heavy atom. The molecule has 0 aliphatic heterocycles. The normalized spacial score (nSPS) is 10.0. The van der Waals surface area contributed by atoms with E-state index in [9.17, 15) is 4.79 Å². The molecule has 3 nitrogen and oxygen atoms in total. The SMILES string of the molecule is CN(C)C(=O)Cn1ss1. The van der Waals surface area contributed by atoms with E-state index in [1.807, 2.05) is 3.35 Å². The lowest BCUT2D eigenvalue weighted by atomic mass is 10.6. The molecule has 0 N–H and O–H groups in total. The predicted molar refractivity (Wildman–Crippen MR) is 38.9 cm³/mol. The fraction of sp³-hybridized carbons (Fsp3) is 0.750. The molecule has 1 aromatic heterocycles. The van der Waals surface area contributed by atoms with Crippen molar-refractivity contribution in [2.45, 2.75) is 6.54 Å². The van der Waals surface area contributed by atoms with Crippen molar-refractivity contribution < 1.29 is 4.79 Å². The largest absolute Gasteiger partial charge is 0.347 e. The lowest BCUT2D eigenvalue weighted by molar-refractivity contribution is -0.128. The molecular weight excluding hydrogens is 156 g/mol. The van der Waals surface area contributed by atoms with E-state index >= 15 is 0 Å². The van der Waals surface area contributed by atoms with Gasteiger partial charge < -0.3 is 4.90 Å².